The number of hydrogen-bond donors (Lipinski definition) is 1. The molecular formula is C13H11BrF2N2O2S. The summed E-state index contributed by atoms with van der Waals surface area (Å²) in [7, 11) is 0. The van der Waals surface area contributed by atoms with E-state index in [4.69, 9.17) is 5.11 Å². The molecule has 0 aliphatic carbocycles. The van der Waals surface area contributed by atoms with Crippen LogP contribution in [0.15, 0.2) is 28.0 Å². The molecule has 0 aliphatic rings. The summed E-state index contributed by atoms with van der Waals surface area (Å²) in [4.78, 5) is 14.7. The molecule has 0 unspecified atom stereocenters. The van der Waals surface area contributed by atoms with Crippen molar-refractivity contribution in [3.8, 4) is 5.69 Å². The van der Waals surface area contributed by atoms with Gasteiger partial charge in [-0.2, -0.15) is 0 Å². The normalized spacial score (nSPS) is 10.9. The number of imidazole rings is 1. The van der Waals surface area contributed by atoms with E-state index in [0.29, 0.717) is 16.6 Å². The van der Waals surface area contributed by atoms with E-state index >= 15 is 0 Å². The van der Waals surface area contributed by atoms with Gasteiger partial charge in [-0.1, -0.05) is 34.6 Å². The second-order valence-electron chi connectivity index (χ2n) is 4.12. The fraction of sp³-hybridized carbons (Fsp3) is 0.231. The zero-order valence-corrected chi connectivity index (χ0v) is 13.3. The summed E-state index contributed by atoms with van der Waals surface area (Å²) in [5, 5.41) is 8.98. The Labute approximate surface area is 132 Å². The number of aryl methyl sites for hydroxylation is 1. The Bertz CT molecular complexity index is 668. The molecule has 0 spiro atoms. The number of halogens is 3. The lowest BCUT2D eigenvalue weighted by Crippen LogP contribution is -2.08. The summed E-state index contributed by atoms with van der Waals surface area (Å²) in [6.45, 7) is 1.83. The number of aromatic nitrogens is 2. The van der Waals surface area contributed by atoms with Crippen LogP contribution in [0.3, 0.4) is 0 Å². The molecule has 0 fully saturated rings. The number of carboxylic acids is 1. The standard InChI is InChI=1S/C13H11BrF2N2O2S/c1-2-8-5-17-13(21-6-11(19)20)18(8)12-9(15)3-7(14)4-10(12)16/h3-5H,2,6H2,1H3,(H,19,20). The Morgan fingerprint density at radius 3 is 2.57 bits per heavy atom. The van der Waals surface area contributed by atoms with E-state index in [-0.39, 0.29) is 16.6 Å². The van der Waals surface area contributed by atoms with E-state index in [1.807, 2.05) is 6.92 Å². The van der Waals surface area contributed by atoms with Crippen LogP contribution in [0.1, 0.15) is 12.6 Å². The predicted molar refractivity (Wildman–Crippen MR) is 78.9 cm³/mol. The minimum atomic E-state index is -1.02. The van der Waals surface area contributed by atoms with Gasteiger partial charge in [-0.25, -0.2) is 13.8 Å². The first-order valence-electron chi connectivity index (χ1n) is 6.00. The lowest BCUT2D eigenvalue weighted by molar-refractivity contribution is -0.133. The summed E-state index contributed by atoms with van der Waals surface area (Å²) in [5.41, 5.74) is 0.350. The van der Waals surface area contributed by atoms with Crippen LogP contribution >= 0.6 is 27.7 Å². The van der Waals surface area contributed by atoms with E-state index in [1.54, 1.807) is 0 Å². The summed E-state index contributed by atoms with van der Waals surface area (Å²) < 4.78 is 29.9. The van der Waals surface area contributed by atoms with Gasteiger partial charge in [-0.05, 0) is 18.6 Å². The van der Waals surface area contributed by atoms with Gasteiger partial charge in [0.05, 0.1) is 5.75 Å². The predicted octanol–water partition coefficient (Wildman–Crippen LogP) is 3.65. The van der Waals surface area contributed by atoms with Crippen molar-refractivity contribution >= 4 is 33.7 Å². The van der Waals surface area contributed by atoms with Crippen molar-refractivity contribution in [2.24, 2.45) is 0 Å². The van der Waals surface area contributed by atoms with Gasteiger partial charge < -0.3 is 5.11 Å². The molecule has 8 heteroatoms. The van der Waals surface area contributed by atoms with Crippen LogP contribution in [-0.4, -0.2) is 26.4 Å². The first-order chi connectivity index (χ1) is 9.93. The lowest BCUT2D eigenvalue weighted by atomic mass is 10.2. The van der Waals surface area contributed by atoms with Crippen molar-refractivity contribution in [1.82, 2.24) is 9.55 Å². The minimum absolute atomic E-state index is 0.236. The van der Waals surface area contributed by atoms with Crippen LogP contribution in [-0.2, 0) is 11.2 Å². The quantitative estimate of drug-likeness (QED) is 0.809. The van der Waals surface area contributed by atoms with Crippen LogP contribution in [0.4, 0.5) is 8.78 Å². The molecule has 0 saturated carbocycles. The summed E-state index contributed by atoms with van der Waals surface area (Å²) in [5.74, 6) is -2.75. The maximum absolute atomic E-state index is 14.1. The van der Waals surface area contributed by atoms with E-state index in [0.717, 1.165) is 23.9 Å². The Morgan fingerprint density at radius 2 is 2.05 bits per heavy atom. The molecular weight excluding hydrogens is 366 g/mol. The van der Waals surface area contributed by atoms with Crippen molar-refractivity contribution in [3.63, 3.8) is 0 Å². The van der Waals surface area contributed by atoms with Gasteiger partial charge in [0, 0.05) is 16.4 Å². The largest absolute Gasteiger partial charge is 0.481 e. The van der Waals surface area contributed by atoms with Gasteiger partial charge >= 0.3 is 5.97 Å². The molecule has 4 nitrogen and oxygen atoms in total. The van der Waals surface area contributed by atoms with Crippen LogP contribution in [0.2, 0.25) is 0 Å². The number of benzene rings is 1. The molecule has 1 aromatic carbocycles. The number of carbonyl (C=O) groups is 1. The zero-order valence-electron chi connectivity index (χ0n) is 10.9. The number of aliphatic carboxylic acids is 1. The fourth-order valence-corrected chi connectivity index (χ4v) is 2.95. The molecule has 0 saturated heterocycles. The number of hydrogen-bond acceptors (Lipinski definition) is 3. The Morgan fingerprint density at radius 1 is 1.43 bits per heavy atom. The van der Waals surface area contributed by atoms with Gasteiger partial charge in [-0.15, -0.1) is 0 Å². The van der Waals surface area contributed by atoms with E-state index in [1.165, 1.54) is 10.8 Å². The molecule has 0 aliphatic heterocycles. The molecule has 1 aromatic heterocycles. The van der Waals surface area contributed by atoms with Crippen LogP contribution in [0.5, 0.6) is 0 Å². The smallest absolute Gasteiger partial charge is 0.313 e. The highest BCUT2D eigenvalue weighted by Gasteiger charge is 2.20. The summed E-state index contributed by atoms with van der Waals surface area (Å²) >= 11 is 3.94. The molecule has 112 valence electrons. The highest BCUT2D eigenvalue weighted by molar-refractivity contribution is 9.10. The van der Waals surface area contributed by atoms with Gasteiger partial charge in [-0.3, -0.25) is 9.36 Å². The number of nitrogens with zero attached hydrogens (tertiary/aromatic N) is 2. The maximum atomic E-state index is 14.1. The van der Waals surface area contributed by atoms with Gasteiger partial charge in [0.1, 0.15) is 5.69 Å². The van der Waals surface area contributed by atoms with E-state index in [2.05, 4.69) is 20.9 Å². The number of rotatable bonds is 5. The van der Waals surface area contributed by atoms with Gasteiger partial charge in [0.25, 0.3) is 0 Å². The maximum Gasteiger partial charge on any atom is 0.313 e. The SMILES string of the molecule is CCc1cnc(SCC(=O)O)n1-c1c(F)cc(Br)cc1F. The van der Waals surface area contributed by atoms with E-state index < -0.39 is 17.6 Å². The molecule has 2 rings (SSSR count). The highest BCUT2D eigenvalue weighted by atomic mass is 79.9. The molecule has 0 amide bonds. The molecule has 0 radical (unpaired) electrons. The molecule has 2 aromatic rings. The third-order valence-corrected chi connectivity index (χ3v) is 4.09. The Balaban J connectivity index is 2.56. The summed E-state index contributed by atoms with van der Waals surface area (Å²) in [6, 6.07) is 2.31. The highest BCUT2D eigenvalue weighted by Crippen LogP contribution is 2.29. The molecule has 0 bridgehead atoms. The van der Waals surface area contributed by atoms with Crippen LogP contribution < -0.4 is 0 Å². The zero-order chi connectivity index (χ0) is 15.6. The summed E-state index contributed by atoms with van der Waals surface area (Å²) in [6.07, 6.45) is 2.00. The molecule has 1 N–H and O–H groups in total. The molecule has 21 heavy (non-hydrogen) atoms. The molecule has 0 atom stereocenters. The van der Waals surface area contributed by atoms with Crippen molar-refractivity contribution < 1.29 is 18.7 Å². The number of thioether (sulfide) groups is 1. The van der Waals surface area contributed by atoms with Crippen molar-refractivity contribution in [1.29, 1.82) is 0 Å². The van der Waals surface area contributed by atoms with E-state index in [9.17, 15) is 13.6 Å². The third-order valence-electron chi connectivity index (χ3n) is 2.69. The number of carboxylic acid groups (broad SMARTS) is 1. The van der Waals surface area contributed by atoms with Crippen LogP contribution in [0, 0.1) is 11.6 Å². The molecule has 1 heterocycles. The van der Waals surface area contributed by atoms with Crippen LogP contribution in [0.25, 0.3) is 5.69 Å². The van der Waals surface area contributed by atoms with Gasteiger partial charge in [0.15, 0.2) is 16.8 Å². The Hall–Kier alpha value is -1.41. The first-order valence-corrected chi connectivity index (χ1v) is 7.78. The topological polar surface area (TPSA) is 55.1 Å². The second kappa shape index (κ2) is 6.57. The lowest BCUT2D eigenvalue weighted by Gasteiger charge is -2.13. The third kappa shape index (κ3) is 3.44. The fourth-order valence-electron chi connectivity index (χ4n) is 1.83. The monoisotopic (exact) mass is 376 g/mol. The average Bonchev–Trinajstić information content (AvgIpc) is 2.78. The first kappa shape index (κ1) is 16.0. The van der Waals surface area contributed by atoms with Gasteiger partial charge in [0.2, 0.25) is 0 Å². The van der Waals surface area contributed by atoms with Crippen molar-refractivity contribution in [2.75, 3.05) is 5.75 Å². The van der Waals surface area contributed by atoms with Crippen molar-refractivity contribution in [2.45, 2.75) is 18.5 Å². The minimum Gasteiger partial charge on any atom is -0.481 e. The average molecular weight is 377 g/mol. The second-order valence-corrected chi connectivity index (χ2v) is 5.98. The van der Waals surface area contributed by atoms with Crippen molar-refractivity contribution in [3.05, 3.63) is 40.1 Å². The Kier molecular flexibility index (Phi) is 5.00.